The van der Waals surface area contributed by atoms with E-state index in [-0.39, 0.29) is 6.04 Å². The molecule has 0 aromatic carbocycles. The van der Waals surface area contributed by atoms with Crippen molar-refractivity contribution < 1.29 is 4.52 Å². The summed E-state index contributed by atoms with van der Waals surface area (Å²) in [5, 5.41) is 3.90. The average Bonchev–Trinajstić information content (AvgIpc) is 2.63. The number of rotatable bonds is 6. The molecule has 5 heteroatoms. The van der Waals surface area contributed by atoms with Crippen molar-refractivity contribution in [1.82, 2.24) is 15.0 Å². The lowest BCUT2D eigenvalue weighted by molar-refractivity contribution is 0.341. The summed E-state index contributed by atoms with van der Waals surface area (Å²) in [6.45, 7) is 3.01. The molecule has 0 bridgehead atoms. The molecule has 0 saturated carbocycles. The van der Waals surface area contributed by atoms with Crippen LogP contribution < -0.4 is 5.73 Å². The van der Waals surface area contributed by atoms with E-state index < -0.39 is 0 Å². The summed E-state index contributed by atoms with van der Waals surface area (Å²) in [7, 11) is 4.04. The number of nitrogens with zero attached hydrogens (tertiary/aromatic N) is 3. The molecule has 1 aromatic rings. The minimum atomic E-state index is -0.115. The van der Waals surface area contributed by atoms with Gasteiger partial charge in [0.15, 0.2) is 5.82 Å². The van der Waals surface area contributed by atoms with Gasteiger partial charge in [0.2, 0.25) is 5.89 Å². The van der Waals surface area contributed by atoms with E-state index in [0.29, 0.717) is 5.89 Å². The number of hydrogen-bond donors (Lipinski definition) is 1. The van der Waals surface area contributed by atoms with E-state index in [1.807, 2.05) is 14.1 Å². The van der Waals surface area contributed by atoms with Crippen molar-refractivity contribution in [2.24, 2.45) is 5.73 Å². The van der Waals surface area contributed by atoms with Gasteiger partial charge in [0.05, 0.1) is 6.04 Å². The first kappa shape index (κ1) is 12.1. The van der Waals surface area contributed by atoms with Crippen molar-refractivity contribution >= 4 is 0 Å². The highest BCUT2D eigenvalue weighted by Crippen LogP contribution is 2.13. The second-order valence-corrected chi connectivity index (χ2v) is 4.00. The zero-order chi connectivity index (χ0) is 11.3. The van der Waals surface area contributed by atoms with E-state index in [4.69, 9.17) is 10.3 Å². The van der Waals surface area contributed by atoms with Gasteiger partial charge in [-0.3, -0.25) is 0 Å². The Balaban J connectivity index is 2.48. The maximum Gasteiger partial charge on any atom is 0.243 e. The monoisotopic (exact) mass is 212 g/mol. The fraction of sp³-hybridized carbons (Fsp3) is 0.800. The SMILES string of the molecule is CCC[C@H](N)c1nc(CCN(C)C)no1. The molecular formula is C10H20N4O. The molecule has 2 N–H and O–H groups in total. The highest BCUT2D eigenvalue weighted by Gasteiger charge is 2.13. The first-order valence-corrected chi connectivity index (χ1v) is 5.36. The van der Waals surface area contributed by atoms with E-state index in [0.717, 1.165) is 31.6 Å². The molecular weight excluding hydrogens is 192 g/mol. The van der Waals surface area contributed by atoms with Gasteiger partial charge in [0.1, 0.15) is 0 Å². The number of nitrogens with two attached hydrogens (primary N) is 1. The van der Waals surface area contributed by atoms with E-state index in [1.54, 1.807) is 0 Å². The van der Waals surface area contributed by atoms with E-state index >= 15 is 0 Å². The minimum Gasteiger partial charge on any atom is -0.338 e. The maximum atomic E-state index is 5.87. The third kappa shape index (κ3) is 3.97. The summed E-state index contributed by atoms with van der Waals surface area (Å²) in [5.41, 5.74) is 5.87. The predicted octanol–water partition coefficient (Wildman–Crippen LogP) is 0.974. The smallest absolute Gasteiger partial charge is 0.243 e. The fourth-order valence-corrected chi connectivity index (χ4v) is 1.28. The van der Waals surface area contributed by atoms with E-state index in [2.05, 4.69) is 22.0 Å². The molecule has 0 spiro atoms. The Bertz CT molecular complexity index is 285. The standard InChI is InChI=1S/C10H20N4O/c1-4-5-8(11)10-12-9(13-15-10)6-7-14(2)3/h8H,4-7,11H2,1-3H3/t8-/m0/s1. The van der Waals surface area contributed by atoms with Crippen molar-refractivity contribution in [3.05, 3.63) is 11.7 Å². The van der Waals surface area contributed by atoms with Gasteiger partial charge in [-0.1, -0.05) is 18.5 Å². The van der Waals surface area contributed by atoms with Gasteiger partial charge >= 0.3 is 0 Å². The van der Waals surface area contributed by atoms with Crippen molar-refractivity contribution in [1.29, 1.82) is 0 Å². The maximum absolute atomic E-state index is 5.87. The lowest BCUT2D eigenvalue weighted by Gasteiger charge is -2.05. The largest absolute Gasteiger partial charge is 0.338 e. The van der Waals surface area contributed by atoms with Gasteiger partial charge in [-0.2, -0.15) is 4.98 Å². The fourth-order valence-electron chi connectivity index (χ4n) is 1.28. The molecule has 0 aliphatic heterocycles. The zero-order valence-electron chi connectivity index (χ0n) is 9.73. The van der Waals surface area contributed by atoms with Crippen molar-refractivity contribution in [2.75, 3.05) is 20.6 Å². The Labute approximate surface area is 90.6 Å². The molecule has 0 aliphatic rings. The Morgan fingerprint density at radius 1 is 1.47 bits per heavy atom. The number of likely N-dealkylation sites (N-methyl/N-ethyl adjacent to an activating group) is 1. The van der Waals surface area contributed by atoms with Crippen LogP contribution in [0.2, 0.25) is 0 Å². The molecule has 86 valence electrons. The first-order chi connectivity index (χ1) is 7.13. The second-order valence-electron chi connectivity index (χ2n) is 4.00. The van der Waals surface area contributed by atoms with Crippen LogP contribution in [0.3, 0.4) is 0 Å². The highest BCUT2D eigenvalue weighted by molar-refractivity contribution is 4.92. The van der Waals surface area contributed by atoms with Gasteiger partial charge in [0, 0.05) is 13.0 Å². The summed E-state index contributed by atoms with van der Waals surface area (Å²) in [6.07, 6.45) is 2.71. The minimum absolute atomic E-state index is 0.115. The zero-order valence-corrected chi connectivity index (χ0v) is 9.73. The Kier molecular flexibility index (Phi) is 4.71. The summed E-state index contributed by atoms with van der Waals surface area (Å²) in [6, 6.07) is -0.115. The Morgan fingerprint density at radius 3 is 2.80 bits per heavy atom. The first-order valence-electron chi connectivity index (χ1n) is 5.36. The van der Waals surface area contributed by atoms with Crippen molar-refractivity contribution in [2.45, 2.75) is 32.2 Å². The molecule has 0 fully saturated rings. The van der Waals surface area contributed by atoms with Crippen LogP contribution in [0.25, 0.3) is 0 Å². The normalized spacial score (nSPS) is 13.4. The summed E-state index contributed by atoms with van der Waals surface area (Å²) >= 11 is 0. The van der Waals surface area contributed by atoms with Crippen LogP contribution in [-0.2, 0) is 6.42 Å². The number of aromatic nitrogens is 2. The van der Waals surface area contributed by atoms with Crippen LogP contribution in [0.5, 0.6) is 0 Å². The van der Waals surface area contributed by atoms with Crippen molar-refractivity contribution in [3.63, 3.8) is 0 Å². The quantitative estimate of drug-likeness (QED) is 0.761. The van der Waals surface area contributed by atoms with Crippen LogP contribution in [0, 0.1) is 0 Å². The Morgan fingerprint density at radius 2 is 2.20 bits per heavy atom. The summed E-state index contributed by atoms with van der Waals surface area (Å²) in [5.74, 6) is 1.30. The van der Waals surface area contributed by atoms with Gasteiger partial charge in [-0.15, -0.1) is 0 Å². The lowest BCUT2D eigenvalue weighted by atomic mass is 10.2. The molecule has 15 heavy (non-hydrogen) atoms. The van der Waals surface area contributed by atoms with Gasteiger partial charge < -0.3 is 15.2 Å². The molecule has 0 radical (unpaired) electrons. The van der Waals surface area contributed by atoms with Gasteiger partial charge in [-0.05, 0) is 20.5 Å². The highest BCUT2D eigenvalue weighted by atomic mass is 16.5. The van der Waals surface area contributed by atoms with Crippen LogP contribution in [-0.4, -0.2) is 35.7 Å². The molecule has 1 atom stereocenters. The molecule has 1 rings (SSSR count). The average molecular weight is 212 g/mol. The van der Waals surface area contributed by atoms with Gasteiger partial charge in [-0.25, -0.2) is 0 Å². The van der Waals surface area contributed by atoms with Gasteiger partial charge in [0.25, 0.3) is 0 Å². The Hall–Kier alpha value is -0.940. The molecule has 0 unspecified atom stereocenters. The van der Waals surface area contributed by atoms with Crippen molar-refractivity contribution in [3.8, 4) is 0 Å². The van der Waals surface area contributed by atoms with E-state index in [1.165, 1.54) is 0 Å². The third-order valence-electron chi connectivity index (χ3n) is 2.18. The van der Waals surface area contributed by atoms with Crippen LogP contribution in [0.4, 0.5) is 0 Å². The number of hydrogen-bond acceptors (Lipinski definition) is 5. The predicted molar refractivity (Wildman–Crippen MR) is 58.4 cm³/mol. The summed E-state index contributed by atoms with van der Waals surface area (Å²) in [4.78, 5) is 6.36. The van der Waals surface area contributed by atoms with Crippen LogP contribution in [0.15, 0.2) is 4.52 Å². The van der Waals surface area contributed by atoms with Crippen LogP contribution in [0.1, 0.15) is 37.5 Å². The summed E-state index contributed by atoms with van der Waals surface area (Å²) < 4.78 is 5.11. The molecule has 5 nitrogen and oxygen atoms in total. The molecule has 0 saturated heterocycles. The molecule has 1 heterocycles. The third-order valence-corrected chi connectivity index (χ3v) is 2.18. The van der Waals surface area contributed by atoms with E-state index in [9.17, 15) is 0 Å². The van der Waals surface area contributed by atoms with Crippen LogP contribution >= 0.6 is 0 Å². The molecule has 0 aliphatic carbocycles. The molecule has 0 amide bonds. The molecule has 1 aromatic heterocycles. The second kappa shape index (κ2) is 5.82. The topological polar surface area (TPSA) is 68.2 Å². The lowest BCUT2D eigenvalue weighted by Crippen LogP contribution is -2.16.